The SMILES string of the molecule is O[C@@H](CN1CCN(c2ccccc2F)CC1)c1ccc2c(c1)CCO2. The van der Waals surface area contributed by atoms with Crippen LogP contribution in [0.2, 0.25) is 0 Å². The van der Waals surface area contributed by atoms with Crippen molar-refractivity contribution in [2.75, 3.05) is 44.2 Å². The molecule has 0 radical (unpaired) electrons. The Morgan fingerprint density at radius 3 is 2.68 bits per heavy atom. The maximum absolute atomic E-state index is 13.9. The fraction of sp³-hybridized carbons (Fsp3) is 0.400. The fourth-order valence-corrected chi connectivity index (χ4v) is 3.64. The molecule has 2 aliphatic heterocycles. The van der Waals surface area contributed by atoms with Crippen molar-refractivity contribution in [2.45, 2.75) is 12.5 Å². The van der Waals surface area contributed by atoms with E-state index in [0.717, 1.165) is 50.5 Å². The minimum atomic E-state index is -0.508. The van der Waals surface area contributed by atoms with Crippen molar-refractivity contribution in [2.24, 2.45) is 0 Å². The van der Waals surface area contributed by atoms with E-state index in [-0.39, 0.29) is 5.82 Å². The van der Waals surface area contributed by atoms with Crippen LogP contribution in [-0.4, -0.2) is 49.3 Å². The Bertz CT molecular complexity index is 744. The Kier molecular flexibility index (Phi) is 4.59. The first-order chi connectivity index (χ1) is 12.2. The average molecular weight is 342 g/mol. The van der Waals surface area contributed by atoms with Gasteiger partial charge in [0.2, 0.25) is 0 Å². The molecule has 2 aliphatic rings. The van der Waals surface area contributed by atoms with Crippen LogP contribution in [0, 0.1) is 5.82 Å². The second-order valence-corrected chi connectivity index (χ2v) is 6.72. The number of aliphatic hydroxyl groups is 1. The molecule has 2 aromatic rings. The van der Waals surface area contributed by atoms with Gasteiger partial charge in [0, 0.05) is 39.1 Å². The van der Waals surface area contributed by atoms with Crippen molar-refractivity contribution in [3.63, 3.8) is 0 Å². The smallest absolute Gasteiger partial charge is 0.146 e. The van der Waals surface area contributed by atoms with Crippen LogP contribution >= 0.6 is 0 Å². The lowest BCUT2D eigenvalue weighted by atomic mass is 10.0. The molecular formula is C20H23FN2O2. The van der Waals surface area contributed by atoms with Gasteiger partial charge in [-0.25, -0.2) is 4.39 Å². The van der Waals surface area contributed by atoms with Gasteiger partial charge in [0.1, 0.15) is 11.6 Å². The maximum Gasteiger partial charge on any atom is 0.146 e. The van der Waals surface area contributed by atoms with Crippen molar-refractivity contribution in [3.8, 4) is 5.75 Å². The number of anilines is 1. The summed E-state index contributed by atoms with van der Waals surface area (Å²) in [6, 6.07) is 12.9. The number of halogens is 1. The third-order valence-corrected chi connectivity index (χ3v) is 5.09. The van der Waals surface area contributed by atoms with Gasteiger partial charge in [0.25, 0.3) is 0 Å². The van der Waals surface area contributed by atoms with E-state index >= 15 is 0 Å². The number of nitrogens with zero attached hydrogens (tertiary/aromatic N) is 2. The summed E-state index contributed by atoms with van der Waals surface area (Å²) in [7, 11) is 0. The molecule has 25 heavy (non-hydrogen) atoms. The maximum atomic E-state index is 13.9. The number of rotatable bonds is 4. The molecule has 0 unspecified atom stereocenters. The number of piperazine rings is 1. The second-order valence-electron chi connectivity index (χ2n) is 6.72. The Labute approximate surface area is 147 Å². The van der Waals surface area contributed by atoms with Crippen LogP contribution in [0.5, 0.6) is 5.75 Å². The zero-order valence-corrected chi connectivity index (χ0v) is 14.2. The van der Waals surface area contributed by atoms with Crippen LogP contribution in [0.15, 0.2) is 42.5 Å². The van der Waals surface area contributed by atoms with Gasteiger partial charge in [-0.3, -0.25) is 4.90 Å². The third kappa shape index (κ3) is 3.48. The first kappa shape index (κ1) is 16.4. The lowest BCUT2D eigenvalue weighted by Crippen LogP contribution is -2.47. The molecule has 2 heterocycles. The molecule has 4 rings (SSSR count). The number of hydrogen-bond donors (Lipinski definition) is 1. The standard InChI is InChI=1S/C20H23FN2O2/c21-17-3-1-2-4-18(17)23-10-8-22(9-11-23)14-19(24)15-5-6-20-16(13-15)7-12-25-20/h1-6,13,19,24H,7-12,14H2/t19-/m0/s1. The Morgan fingerprint density at radius 2 is 1.88 bits per heavy atom. The molecule has 2 aromatic carbocycles. The highest BCUT2D eigenvalue weighted by Gasteiger charge is 2.22. The Hall–Kier alpha value is -2.11. The number of β-amino-alcohol motifs (C(OH)–C–C–N with tert-alkyl or cyclic N) is 1. The van der Waals surface area contributed by atoms with Gasteiger partial charge in [0.15, 0.2) is 0 Å². The molecule has 0 amide bonds. The molecule has 1 saturated heterocycles. The number of ether oxygens (including phenoxy) is 1. The molecule has 0 aromatic heterocycles. The largest absolute Gasteiger partial charge is 0.493 e. The molecule has 5 heteroatoms. The molecule has 1 N–H and O–H groups in total. The van der Waals surface area contributed by atoms with Crippen molar-refractivity contribution in [1.82, 2.24) is 4.90 Å². The van der Waals surface area contributed by atoms with Crippen molar-refractivity contribution in [3.05, 3.63) is 59.4 Å². The summed E-state index contributed by atoms with van der Waals surface area (Å²) >= 11 is 0. The summed E-state index contributed by atoms with van der Waals surface area (Å²) in [5, 5.41) is 10.6. The van der Waals surface area contributed by atoms with Gasteiger partial charge in [-0.2, -0.15) is 0 Å². The first-order valence-corrected chi connectivity index (χ1v) is 8.86. The van der Waals surface area contributed by atoms with Crippen LogP contribution in [0.3, 0.4) is 0 Å². The highest BCUT2D eigenvalue weighted by atomic mass is 19.1. The van der Waals surface area contributed by atoms with E-state index in [1.807, 2.05) is 24.3 Å². The van der Waals surface area contributed by atoms with Crippen LogP contribution in [0.1, 0.15) is 17.2 Å². The van der Waals surface area contributed by atoms with E-state index in [4.69, 9.17) is 4.74 Å². The lowest BCUT2D eigenvalue weighted by Gasteiger charge is -2.37. The van der Waals surface area contributed by atoms with Gasteiger partial charge in [-0.15, -0.1) is 0 Å². The van der Waals surface area contributed by atoms with E-state index in [1.54, 1.807) is 6.07 Å². The second kappa shape index (κ2) is 7.02. The van der Waals surface area contributed by atoms with Crippen LogP contribution < -0.4 is 9.64 Å². The summed E-state index contributed by atoms with van der Waals surface area (Å²) in [6.07, 6.45) is 0.405. The van der Waals surface area contributed by atoms with E-state index < -0.39 is 6.10 Å². The number of aliphatic hydroxyl groups excluding tert-OH is 1. The third-order valence-electron chi connectivity index (χ3n) is 5.09. The Morgan fingerprint density at radius 1 is 1.08 bits per heavy atom. The van der Waals surface area contributed by atoms with E-state index in [9.17, 15) is 9.50 Å². The van der Waals surface area contributed by atoms with Crippen molar-refractivity contribution < 1.29 is 14.2 Å². The van der Waals surface area contributed by atoms with Gasteiger partial charge in [0.05, 0.1) is 18.4 Å². The molecule has 132 valence electrons. The van der Waals surface area contributed by atoms with Gasteiger partial charge >= 0.3 is 0 Å². The predicted molar refractivity (Wildman–Crippen MR) is 95.7 cm³/mol. The highest BCUT2D eigenvalue weighted by molar-refractivity contribution is 5.48. The summed E-state index contributed by atoms with van der Waals surface area (Å²) in [6.45, 7) is 4.51. The Balaban J connectivity index is 1.35. The lowest BCUT2D eigenvalue weighted by molar-refractivity contribution is 0.109. The number of para-hydroxylation sites is 1. The number of hydrogen-bond acceptors (Lipinski definition) is 4. The molecule has 1 atom stereocenters. The van der Waals surface area contributed by atoms with Gasteiger partial charge in [-0.05, 0) is 35.4 Å². The van der Waals surface area contributed by atoms with E-state index in [0.29, 0.717) is 12.2 Å². The van der Waals surface area contributed by atoms with Crippen LogP contribution in [0.4, 0.5) is 10.1 Å². The molecule has 0 aliphatic carbocycles. The molecule has 4 nitrogen and oxygen atoms in total. The summed E-state index contributed by atoms with van der Waals surface area (Å²) < 4.78 is 19.4. The summed E-state index contributed by atoms with van der Waals surface area (Å²) in [5.41, 5.74) is 2.79. The summed E-state index contributed by atoms with van der Waals surface area (Å²) in [5.74, 6) is 0.769. The predicted octanol–water partition coefficient (Wildman–Crippen LogP) is 2.62. The topological polar surface area (TPSA) is 35.9 Å². The zero-order chi connectivity index (χ0) is 17.2. The van der Waals surface area contributed by atoms with Crippen LogP contribution in [-0.2, 0) is 6.42 Å². The molecule has 0 saturated carbocycles. The average Bonchev–Trinajstić information content (AvgIpc) is 3.10. The van der Waals surface area contributed by atoms with E-state index in [2.05, 4.69) is 15.9 Å². The fourth-order valence-electron chi connectivity index (χ4n) is 3.64. The molecule has 0 spiro atoms. The van der Waals surface area contributed by atoms with Crippen LogP contribution in [0.25, 0.3) is 0 Å². The summed E-state index contributed by atoms with van der Waals surface area (Å²) in [4.78, 5) is 4.32. The zero-order valence-electron chi connectivity index (χ0n) is 14.2. The quantitative estimate of drug-likeness (QED) is 0.927. The van der Waals surface area contributed by atoms with E-state index in [1.165, 1.54) is 11.6 Å². The normalized spacial score (nSPS) is 18.7. The minimum Gasteiger partial charge on any atom is -0.493 e. The number of benzene rings is 2. The molecule has 1 fully saturated rings. The van der Waals surface area contributed by atoms with Crippen molar-refractivity contribution >= 4 is 5.69 Å². The van der Waals surface area contributed by atoms with Gasteiger partial charge < -0.3 is 14.7 Å². The molecule has 0 bridgehead atoms. The minimum absolute atomic E-state index is 0.170. The molecular weight excluding hydrogens is 319 g/mol. The van der Waals surface area contributed by atoms with Gasteiger partial charge in [-0.1, -0.05) is 18.2 Å². The number of fused-ring (bicyclic) bond motifs is 1. The van der Waals surface area contributed by atoms with Crippen molar-refractivity contribution in [1.29, 1.82) is 0 Å². The first-order valence-electron chi connectivity index (χ1n) is 8.86. The monoisotopic (exact) mass is 342 g/mol. The highest BCUT2D eigenvalue weighted by Crippen LogP contribution is 2.28.